The van der Waals surface area contributed by atoms with Crippen molar-refractivity contribution >= 4 is 11.6 Å². The van der Waals surface area contributed by atoms with E-state index in [1.807, 2.05) is 51.1 Å². The lowest BCUT2D eigenvalue weighted by atomic mass is 10.0. The van der Waals surface area contributed by atoms with Crippen molar-refractivity contribution in [2.75, 3.05) is 0 Å². The number of nitrogens with zero attached hydrogens (tertiary/aromatic N) is 1. The third-order valence-corrected chi connectivity index (χ3v) is 3.38. The lowest BCUT2D eigenvalue weighted by molar-refractivity contribution is 0.729. The first kappa shape index (κ1) is 12.9. The molecule has 3 heteroatoms. The molecule has 0 N–H and O–H groups in total. The van der Waals surface area contributed by atoms with Gasteiger partial charge in [-0.25, -0.2) is 0 Å². The second kappa shape index (κ2) is 4.99. The smallest absolute Gasteiger partial charge is 0.253 e. The van der Waals surface area contributed by atoms with E-state index < -0.39 is 0 Å². The molecule has 0 spiro atoms. The molecule has 0 fully saturated rings. The molecule has 1 aromatic carbocycles. The Bertz CT molecular complexity index is 643. The second-order valence-electron chi connectivity index (χ2n) is 4.41. The van der Waals surface area contributed by atoms with Gasteiger partial charge in [0.15, 0.2) is 0 Å². The number of halogens is 1. The van der Waals surface area contributed by atoms with Gasteiger partial charge in [-0.05, 0) is 44.5 Å². The monoisotopic (exact) mass is 261 g/mol. The van der Waals surface area contributed by atoms with Gasteiger partial charge < -0.3 is 4.57 Å². The molecule has 0 amide bonds. The molecule has 0 saturated heterocycles. The maximum absolute atomic E-state index is 12.1. The van der Waals surface area contributed by atoms with Crippen LogP contribution >= 0.6 is 11.6 Å². The molecular weight excluding hydrogens is 246 g/mol. The number of rotatable bonds is 2. The van der Waals surface area contributed by atoms with Crippen molar-refractivity contribution in [2.45, 2.75) is 27.3 Å². The average molecular weight is 262 g/mol. The van der Waals surface area contributed by atoms with Gasteiger partial charge in [0, 0.05) is 22.7 Å². The summed E-state index contributed by atoms with van der Waals surface area (Å²) in [6.45, 7) is 6.49. The number of pyridine rings is 1. The highest BCUT2D eigenvalue weighted by Crippen LogP contribution is 2.25. The predicted molar refractivity (Wildman–Crippen MR) is 76.3 cm³/mol. The van der Waals surface area contributed by atoms with Crippen LogP contribution in [0.4, 0.5) is 0 Å². The normalized spacial score (nSPS) is 10.7. The van der Waals surface area contributed by atoms with Gasteiger partial charge in [-0.15, -0.1) is 0 Å². The molecule has 0 radical (unpaired) electrons. The third kappa shape index (κ3) is 2.21. The van der Waals surface area contributed by atoms with Gasteiger partial charge in [0.2, 0.25) is 0 Å². The summed E-state index contributed by atoms with van der Waals surface area (Å²) in [5.74, 6) is 0. The Balaban J connectivity index is 2.71. The Morgan fingerprint density at radius 3 is 2.44 bits per heavy atom. The van der Waals surface area contributed by atoms with Crippen molar-refractivity contribution in [2.24, 2.45) is 0 Å². The first-order valence-corrected chi connectivity index (χ1v) is 6.39. The van der Waals surface area contributed by atoms with Crippen molar-refractivity contribution in [1.82, 2.24) is 4.57 Å². The number of aryl methyl sites for hydroxylation is 2. The first-order valence-electron chi connectivity index (χ1n) is 6.01. The first-order chi connectivity index (χ1) is 8.54. The fourth-order valence-corrected chi connectivity index (χ4v) is 2.38. The van der Waals surface area contributed by atoms with E-state index in [1.54, 1.807) is 4.57 Å². The zero-order valence-electron chi connectivity index (χ0n) is 10.8. The fraction of sp³-hybridized carbons (Fsp3) is 0.267. The molecule has 0 bridgehead atoms. The lowest BCUT2D eigenvalue weighted by Crippen LogP contribution is -2.22. The van der Waals surface area contributed by atoms with E-state index in [2.05, 4.69) is 0 Å². The molecule has 18 heavy (non-hydrogen) atoms. The number of benzene rings is 1. The van der Waals surface area contributed by atoms with Gasteiger partial charge in [-0.2, -0.15) is 0 Å². The molecule has 0 unspecified atom stereocenters. The van der Waals surface area contributed by atoms with E-state index in [9.17, 15) is 4.79 Å². The number of aromatic nitrogens is 1. The Morgan fingerprint density at radius 2 is 1.83 bits per heavy atom. The van der Waals surface area contributed by atoms with E-state index >= 15 is 0 Å². The van der Waals surface area contributed by atoms with E-state index in [-0.39, 0.29) is 5.56 Å². The molecule has 94 valence electrons. The molecule has 2 aromatic rings. The van der Waals surface area contributed by atoms with Gasteiger partial charge in [0.05, 0.1) is 5.69 Å². The van der Waals surface area contributed by atoms with Gasteiger partial charge >= 0.3 is 0 Å². The molecule has 0 saturated carbocycles. The van der Waals surface area contributed by atoms with Crippen LogP contribution in [0.25, 0.3) is 11.3 Å². The summed E-state index contributed by atoms with van der Waals surface area (Å²) in [6.07, 6.45) is 0. The van der Waals surface area contributed by atoms with Gasteiger partial charge in [-0.3, -0.25) is 4.79 Å². The highest BCUT2D eigenvalue weighted by Gasteiger charge is 2.09. The summed E-state index contributed by atoms with van der Waals surface area (Å²) in [6, 6.07) is 9.61. The summed E-state index contributed by atoms with van der Waals surface area (Å²) < 4.78 is 1.80. The van der Waals surface area contributed by atoms with Crippen molar-refractivity contribution in [1.29, 1.82) is 0 Å². The van der Waals surface area contributed by atoms with Crippen molar-refractivity contribution in [3.8, 4) is 11.3 Å². The summed E-state index contributed by atoms with van der Waals surface area (Å²) in [5.41, 5.74) is 3.92. The van der Waals surface area contributed by atoms with Gasteiger partial charge in [0.1, 0.15) is 0 Å². The summed E-state index contributed by atoms with van der Waals surface area (Å²) >= 11 is 5.97. The number of hydrogen-bond donors (Lipinski definition) is 0. The molecular formula is C15H16ClNO. The summed E-state index contributed by atoms with van der Waals surface area (Å²) in [4.78, 5) is 12.1. The van der Waals surface area contributed by atoms with E-state index in [4.69, 9.17) is 11.6 Å². The maximum atomic E-state index is 12.1. The molecule has 2 rings (SSSR count). The maximum Gasteiger partial charge on any atom is 0.253 e. The quantitative estimate of drug-likeness (QED) is 0.806. The van der Waals surface area contributed by atoms with Crippen molar-refractivity contribution < 1.29 is 0 Å². The standard InChI is InChI=1S/C15H16ClNO/c1-4-17-14(8-5-10(2)15(17)18)13-7-6-12(16)9-11(13)3/h5-9H,4H2,1-3H3. The molecule has 0 atom stereocenters. The minimum Gasteiger partial charge on any atom is -0.308 e. The van der Waals surface area contributed by atoms with Crippen LogP contribution in [-0.2, 0) is 6.54 Å². The van der Waals surface area contributed by atoms with Crippen LogP contribution in [0.15, 0.2) is 35.1 Å². The van der Waals surface area contributed by atoms with Crippen molar-refractivity contribution in [3.63, 3.8) is 0 Å². The van der Waals surface area contributed by atoms with Crippen LogP contribution in [0.5, 0.6) is 0 Å². The third-order valence-electron chi connectivity index (χ3n) is 3.15. The molecule has 0 aliphatic heterocycles. The Labute approximate surface area is 112 Å². The molecule has 1 aromatic heterocycles. The van der Waals surface area contributed by atoms with E-state index in [0.717, 1.165) is 22.4 Å². The Hall–Kier alpha value is -1.54. The Morgan fingerprint density at radius 1 is 1.11 bits per heavy atom. The van der Waals surface area contributed by atoms with Gasteiger partial charge in [-0.1, -0.05) is 23.7 Å². The van der Waals surface area contributed by atoms with Gasteiger partial charge in [0.25, 0.3) is 5.56 Å². The summed E-state index contributed by atoms with van der Waals surface area (Å²) in [5, 5.41) is 0.716. The zero-order chi connectivity index (χ0) is 13.3. The largest absolute Gasteiger partial charge is 0.308 e. The lowest BCUT2D eigenvalue weighted by Gasteiger charge is -2.14. The van der Waals surface area contributed by atoms with Crippen LogP contribution in [0, 0.1) is 13.8 Å². The average Bonchev–Trinajstić information content (AvgIpc) is 2.33. The molecule has 0 aliphatic carbocycles. The zero-order valence-corrected chi connectivity index (χ0v) is 11.6. The SMILES string of the molecule is CCn1c(-c2ccc(Cl)cc2C)ccc(C)c1=O. The Kier molecular flexibility index (Phi) is 3.58. The minimum atomic E-state index is 0.0735. The highest BCUT2D eigenvalue weighted by molar-refractivity contribution is 6.30. The van der Waals surface area contributed by atoms with Crippen LogP contribution in [0.1, 0.15) is 18.1 Å². The van der Waals surface area contributed by atoms with Crippen LogP contribution in [0.3, 0.4) is 0 Å². The molecule has 2 nitrogen and oxygen atoms in total. The fourth-order valence-electron chi connectivity index (χ4n) is 2.15. The number of hydrogen-bond acceptors (Lipinski definition) is 1. The molecule has 1 heterocycles. The second-order valence-corrected chi connectivity index (χ2v) is 4.85. The minimum absolute atomic E-state index is 0.0735. The van der Waals surface area contributed by atoms with Crippen LogP contribution in [-0.4, -0.2) is 4.57 Å². The summed E-state index contributed by atoms with van der Waals surface area (Å²) in [7, 11) is 0. The van der Waals surface area contributed by atoms with Crippen LogP contribution < -0.4 is 5.56 Å². The van der Waals surface area contributed by atoms with E-state index in [1.165, 1.54) is 0 Å². The van der Waals surface area contributed by atoms with E-state index in [0.29, 0.717) is 11.6 Å². The topological polar surface area (TPSA) is 22.0 Å². The highest BCUT2D eigenvalue weighted by atomic mass is 35.5. The van der Waals surface area contributed by atoms with Crippen LogP contribution in [0.2, 0.25) is 5.02 Å². The predicted octanol–water partition coefficient (Wildman–Crippen LogP) is 3.81. The molecule has 0 aliphatic rings. The van der Waals surface area contributed by atoms with Crippen molar-refractivity contribution in [3.05, 3.63) is 56.8 Å².